The van der Waals surface area contributed by atoms with Gasteiger partial charge in [0.15, 0.2) is 0 Å². The summed E-state index contributed by atoms with van der Waals surface area (Å²) in [6.45, 7) is 14.1. The van der Waals surface area contributed by atoms with Gasteiger partial charge in [0, 0.05) is 65.3 Å². The van der Waals surface area contributed by atoms with E-state index in [1.807, 2.05) is 9.80 Å². The lowest BCUT2D eigenvalue weighted by Gasteiger charge is -2.36. The zero-order valence-corrected chi connectivity index (χ0v) is 15.3. The SMILES string of the molecule is CCN(CC)CC(=O)N1CCN(CCC(=O)N2CCNCC2)CC1. The van der Waals surface area contributed by atoms with Crippen molar-refractivity contribution in [1.82, 2.24) is 24.9 Å². The van der Waals surface area contributed by atoms with Crippen molar-refractivity contribution in [2.75, 3.05) is 78.5 Å². The highest BCUT2D eigenvalue weighted by Crippen LogP contribution is 2.06. The molecule has 2 fully saturated rings. The first-order valence-corrected chi connectivity index (χ1v) is 9.35. The Hall–Kier alpha value is -1.18. The third kappa shape index (κ3) is 5.72. The third-order valence-corrected chi connectivity index (χ3v) is 5.09. The number of hydrogen-bond acceptors (Lipinski definition) is 5. The Morgan fingerprint density at radius 1 is 0.875 bits per heavy atom. The summed E-state index contributed by atoms with van der Waals surface area (Å²) in [5.41, 5.74) is 0. The predicted octanol–water partition coefficient (Wildman–Crippen LogP) is -0.706. The summed E-state index contributed by atoms with van der Waals surface area (Å²) < 4.78 is 0. The number of rotatable bonds is 7. The van der Waals surface area contributed by atoms with Crippen molar-refractivity contribution in [1.29, 1.82) is 0 Å². The van der Waals surface area contributed by atoms with Gasteiger partial charge in [0.25, 0.3) is 0 Å². The van der Waals surface area contributed by atoms with E-state index in [0.717, 1.165) is 72.0 Å². The number of carbonyl (C=O) groups is 2. The second kappa shape index (κ2) is 9.96. The minimum absolute atomic E-state index is 0.232. The normalized spacial score (nSPS) is 19.8. The lowest BCUT2D eigenvalue weighted by molar-refractivity contribution is -0.135. The summed E-state index contributed by atoms with van der Waals surface area (Å²) in [6.07, 6.45) is 0.591. The Labute approximate surface area is 145 Å². The van der Waals surface area contributed by atoms with Crippen LogP contribution in [-0.2, 0) is 9.59 Å². The van der Waals surface area contributed by atoms with Gasteiger partial charge in [-0.15, -0.1) is 0 Å². The van der Waals surface area contributed by atoms with Crippen LogP contribution in [0, 0.1) is 0 Å². The van der Waals surface area contributed by atoms with E-state index in [0.29, 0.717) is 13.0 Å². The Balaban J connectivity index is 1.65. The fourth-order valence-electron chi connectivity index (χ4n) is 3.29. The van der Waals surface area contributed by atoms with E-state index in [1.54, 1.807) is 0 Å². The van der Waals surface area contributed by atoms with E-state index in [2.05, 4.69) is 29.0 Å². The van der Waals surface area contributed by atoms with Crippen molar-refractivity contribution in [3.8, 4) is 0 Å². The average molecular weight is 339 g/mol. The Morgan fingerprint density at radius 2 is 1.46 bits per heavy atom. The van der Waals surface area contributed by atoms with Crippen LogP contribution in [0.1, 0.15) is 20.3 Å². The molecule has 0 aliphatic carbocycles. The van der Waals surface area contributed by atoms with Gasteiger partial charge in [-0.1, -0.05) is 13.8 Å². The topological polar surface area (TPSA) is 59.1 Å². The van der Waals surface area contributed by atoms with E-state index in [9.17, 15) is 9.59 Å². The second-order valence-corrected chi connectivity index (χ2v) is 6.56. The maximum Gasteiger partial charge on any atom is 0.236 e. The molecule has 7 nitrogen and oxygen atoms in total. The highest BCUT2D eigenvalue weighted by Gasteiger charge is 2.23. The number of piperazine rings is 2. The number of hydrogen-bond donors (Lipinski definition) is 1. The molecule has 2 aliphatic rings. The van der Waals surface area contributed by atoms with Gasteiger partial charge in [-0.05, 0) is 13.1 Å². The molecule has 0 atom stereocenters. The smallest absolute Gasteiger partial charge is 0.236 e. The van der Waals surface area contributed by atoms with Gasteiger partial charge in [0.2, 0.25) is 11.8 Å². The summed E-state index contributed by atoms with van der Waals surface area (Å²) in [4.78, 5) is 32.9. The largest absolute Gasteiger partial charge is 0.340 e. The zero-order chi connectivity index (χ0) is 17.4. The minimum Gasteiger partial charge on any atom is -0.340 e. The quantitative estimate of drug-likeness (QED) is 0.664. The van der Waals surface area contributed by atoms with E-state index < -0.39 is 0 Å². The molecule has 2 heterocycles. The molecule has 2 amide bonds. The van der Waals surface area contributed by atoms with Gasteiger partial charge in [-0.2, -0.15) is 0 Å². The molecule has 0 saturated carbocycles. The first kappa shape index (κ1) is 19.1. The molecule has 0 aromatic heterocycles. The van der Waals surface area contributed by atoms with Crippen LogP contribution in [0.5, 0.6) is 0 Å². The van der Waals surface area contributed by atoms with Crippen molar-refractivity contribution >= 4 is 11.8 Å². The summed E-state index contributed by atoms with van der Waals surface area (Å²) in [5, 5.41) is 3.27. The van der Waals surface area contributed by atoms with Crippen LogP contribution in [0.4, 0.5) is 0 Å². The number of nitrogens with zero attached hydrogens (tertiary/aromatic N) is 4. The number of nitrogens with one attached hydrogen (secondary N) is 1. The first-order valence-electron chi connectivity index (χ1n) is 9.35. The third-order valence-electron chi connectivity index (χ3n) is 5.09. The number of likely N-dealkylation sites (N-methyl/N-ethyl adjacent to an activating group) is 1. The maximum atomic E-state index is 12.3. The van der Waals surface area contributed by atoms with E-state index in [4.69, 9.17) is 0 Å². The van der Waals surface area contributed by atoms with Crippen molar-refractivity contribution in [2.45, 2.75) is 20.3 Å². The summed E-state index contributed by atoms with van der Waals surface area (Å²) >= 11 is 0. The Bertz CT molecular complexity index is 400. The molecule has 2 aliphatic heterocycles. The molecule has 0 radical (unpaired) electrons. The van der Waals surface area contributed by atoms with Crippen LogP contribution in [0.25, 0.3) is 0 Å². The summed E-state index contributed by atoms with van der Waals surface area (Å²) in [6, 6.07) is 0. The molecule has 24 heavy (non-hydrogen) atoms. The molecule has 7 heteroatoms. The lowest BCUT2D eigenvalue weighted by atomic mass is 10.2. The predicted molar refractivity (Wildman–Crippen MR) is 94.9 cm³/mol. The molecule has 2 saturated heterocycles. The van der Waals surface area contributed by atoms with Gasteiger partial charge in [0.1, 0.15) is 0 Å². The van der Waals surface area contributed by atoms with Crippen molar-refractivity contribution in [3.05, 3.63) is 0 Å². The van der Waals surface area contributed by atoms with Crippen LogP contribution < -0.4 is 5.32 Å². The van der Waals surface area contributed by atoms with Gasteiger partial charge in [0.05, 0.1) is 6.54 Å². The molecular formula is C17H33N5O2. The van der Waals surface area contributed by atoms with E-state index >= 15 is 0 Å². The minimum atomic E-state index is 0.232. The highest BCUT2D eigenvalue weighted by atomic mass is 16.2. The molecular weight excluding hydrogens is 306 g/mol. The lowest BCUT2D eigenvalue weighted by Crippen LogP contribution is -2.52. The van der Waals surface area contributed by atoms with Crippen molar-refractivity contribution < 1.29 is 9.59 Å². The molecule has 138 valence electrons. The monoisotopic (exact) mass is 339 g/mol. The first-order chi connectivity index (χ1) is 11.6. The molecule has 1 N–H and O–H groups in total. The van der Waals surface area contributed by atoms with Crippen LogP contribution in [0.15, 0.2) is 0 Å². The number of carbonyl (C=O) groups excluding carboxylic acids is 2. The van der Waals surface area contributed by atoms with E-state index in [1.165, 1.54) is 0 Å². The summed E-state index contributed by atoms with van der Waals surface area (Å²) in [7, 11) is 0. The average Bonchev–Trinajstić information content (AvgIpc) is 2.65. The second-order valence-electron chi connectivity index (χ2n) is 6.56. The van der Waals surface area contributed by atoms with Crippen LogP contribution in [0.3, 0.4) is 0 Å². The molecule has 0 unspecified atom stereocenters. The van der Waals surface area contributed by atoms with Crippen LogP contribution >= 0.6 is 0 Å². The number of amides is 2. The van der Waals surface area contributed by atoms with Crippen LogP contribution in [-0.4, -0.2) is 110 Å². The molecule has 0 aromatic carbocycles. The molecule has 0 spiro atoms. The van der Waals surface area contributed by atoms with Gasteiger partial charge < -0.3 is 15.1 Å². The fourth-order valence-corrected chi connectivity index (χ4v) is 3.29. The van der Waals surface area contributed by atoms with Gasteiger partial charge in [-0.25, -0.2) is 0 Å². The van der Waals surface area contributed by atoms with Crippen LogP contribution in [0.2, 0.25) is 0 Å². The Kier molecular flexibility index (Phi) is 7.94. The van der Waals surface area contributed by atoms with Gasteiger partial charge in [-0.3, -0.25) is 19.4 Å². The fraction of sp³-hybridized carbons (Fsp3) is 0.882. The van der Waals surface area contributed by atoms with Crippen molar-refractivity contribution in [2.24, 2.45) is 0 Å². The standard InChI is InChI=1S/C17H33N5O2/c1-3-19(4-2)15-17(24)22-13-11-20(12-14-22)8-5-16(23)21-9-6-18-7-10-21/h18H,3-15H2,1-2H3. The molecule has 0 aromatic rings. The zero-order valence-electron chi connectivity index (χ0n) is 15.3. The summed E-state index contributed by atoms with van der Waals surface area (Å²) in [5.74, 6) is 0.492. The molecule has 0 bridgehead atoms. The van der Waals surface area contributed by atoms with Gasteiger partial charge >= 0.3 is 0 Å². The van der Waals surface area contributed by atoms with E-state index in [-0.39, 0.29) is 11.8 Å². The Morgan fingerprint density at radius 3 is 2.04 bits per heavy atom. The molecule has 2 rings (SSSR count). The van der Waals surface area contributed by atoms with Crippen molar-refractivity contribution in [3.63, 3.8) is 0 Å². The highest BCUT2D eigenvalue weighted by molar-refractivity contribution is 5.78. The maximum absolute atomic E-state index is 12.3.